The molecule has 17 heavy (non-hydrogen) atoms. The lowest BCUT2D eigenvalue weighted by Gasteiger charge is -2.17. The van der Waals surface area contributed by atoms with Gasteiger partial charge in [0.05, 0.1) is 0 Å². The van der Waals surface area contributed by atoms with Crippen molar-refractivity contribution in [2.45, 2.75) is 33.2 Å². The molecule has 94 valence electrons. The number of carbonyl (C=O) groups is 1. The maximum Gasteiger partial charge on any atom is 0.251 e. The van der Waals surface area contributed by atoms with Gasteiger partial charge in [0.1, 0.15) is 0 Å². The maximum absolute atomic E-state index is 11.9. The molecule has 1 aromatic rings. The van der Waals surface area contributed by atoms with Crippen molar-refractivity contribution in [2.24, 2.45) is 0 Å². The van der Waals surface area contributed by atoms with Gasteiger partial charge in [-0.3, -0.25) is 4.79 Å². The number of anilines is 1. The van der Waals surface area contributed by atoms with E-state index in [-0.39, 0.29) is 11.9 Å². The van der Waals surface area contributed by atoms with Crippen molar-refractivity contribution in [3.63, 3.8) is 0 Å². The highest BCUT2D eigenvalue weighted by Gasteiger charge is 2.10. The first kappa shape index (κ1) is 13.6. The summed E-state index contributed by atoms with van der Waals surface area (Å²) in [7, 11) is 4.00. The third-order valence-electron chi connectivity index (χ3n) is 2.93. The number of hydrogen-bond donors (Lipinski definition) is 1. The van der Waals surface area contributed by atoms with Gasteiger partial charge in [0.15, 0.2) is 0 Å². The number of rotatable bonds is 4. The first-order valence-corrected chi connectivity index (χ1v) is 6.04. The van der Waals surface area contributed by atoms with Crippen molar-refractivity contribution >= 4 is 11.6 Å². The minimum Gasteiger partial charge on any atom is -0.377 e. The van der Waals surface area contributed by atoms with E-state index in [1.165, 1.54) is 0 Å². The third-order valence-corrected chi connectivity index (χ3v) is 2.93. The molecule has 0 fully saturated rings. The second kappa shape index (κ2) is 5.71. The van der Waals surface area contributed by atoms with Crippen molar-refractivity contribution in [1.82, 2.24) is 5.32 Å². The van der Waals surface area contributed by atoms with Crippen molar-refractivity contribution in [1.29, 1.82) is 0 Å². The Hall–Kier alpha value is -1.51. The van der Waals surface area contributed by atoms with E-state index < -0.39 is 0 Å². The smallest absolute Gasteiger partial charge is 0.251 e. The Morgan fingerprint density at radius 2 is 2.06 bits per heavy atom. The molecular weight excluding hydrogens is 212 g/mol. The molecule has 1 aromatic carbocycles. The van der Waals surface area contributed by atoms with Gasteiger partial charge in [0, 0.05) is 31.4 Å². The lowest BCUT2D eigenvalue weighted by molar-refractivity contribution is 0.0939. The number of nitrogens with one attached hydrogen (secondary N) is 1. The van der Waals surface area contributed by atoms with Gasteiger partial charge in [0.2, 0.25) is 0 Å². The molecule has 0 aliphatic heterocycles. The van der Waals surface area contributed by atoms with Gasteiger partial charge in [0.25, 0.3) is 5.91 Å². The summed E-state index contributed by atoms with van der Waals surface area (Å²) in [6, 6.07) is 6.02. The Morgan fingerprint density at radius 1 is 1.41 bits per heavy atom. The van der Waals surface area contributed by atoms with E-state index in [9.17, 15) is 4.79 Å². The van der Waals surface area contributed by atoms with Crippen LogP contribution < -0.4 is 10.2 Å². The standard InChI is InChI=1S/C14H22N2O/c1-6-11(3)15-14(17)12-7-8-13(16(4)5)10(2)9-12/h7-9,11H,6H2,1-5H3,(H,15,17). The van der Waals surface area contributed by atoms with Gasteiger partial charge in [-0.1, -0.05) is 6.92 Å². The molecule has 0 saturated heterocycles. The number of benzene rings is 1. The Bertz CT molecular complexity index is 399. The van der Waals surface area contributed by atoms with E-state index in [0.29, 0.717) is 0 Å². The molecule has 0 aliphatic carbocycles. The van der Waals surface area contributed by atoms with E-state index in [1.807, 2.05) is 51.0 Å². The second-order valence-electron chi connectivity index (χ2n) is 4.68. The summed E-state index contributed by atoms with van der Waals surface area (Å²) in [5.41, 5.74) is 2.99. The first-order chi connectivity index (χ1) is 7.95. The number of amides is 1. The van der Waals surface area contributed by atoms with Gasteiger partial charge < -0.3 is 10.2 Å². The predicted molar refractivity (Wildman–Crippen MR) is 72.7 cm³/mol. The normalized spacial score (nSPS) is 12.1. The van der Waals surface area contributed by atoms with Gasteiger partial charge in [-0.25, -0.2) is 0 Å². The van der Waals surface area contributed by atoms with Crippen molar-refractivity contribution in [3.8, 4) is 0 Å². The zero-order valence-electron chi connectivity index (χ0n) is 11.4. The molecule has 1 N–H and O–H groups in total. The fourth-order valence-corrected chi connectivity index (χ4v) is 1.71. The van der Waals surface area contributed by atoms with E-state index in [4.69, 9.17) is 0 Å². The number of carbonyl (C=O) groups excluding carboxylic acids is 1. The van der Waals surface area contributed by atoms with Crippen LogP contribution in [0.1, 0.15) is 36.2 Å². The van der Waals surface area contributed by atoms with Crippen LogP contribution in [0.15, 0.2) is 18.2 Å². The van der Waals surface area contributed by atoms with Crippen LogP contribution in [0.5, 0.6) is 0 Å². The molecule has 0 aromatic heterocycles. The third kappa shape index (κ3) is 3.48. The van der Waals surface area contributed by atoms with Gasteiger partial charge >= 0.3 is 0 Å². The lowest BCUT2D eigenvalue weighted by Crippen LogP contribution is -2.32. The molecule has 0 heterocycles. The highest BCUT2D eigenvalue weighted by atomic mass is 16.1. The van der Waals surface area contributed by atoms with Crippen LogP contribution in [0.3, 0.4) is 0 Å². The summed E-state index contributed by atoms with van der Waals surface area (Å²) < 4.78 is 0. The molecule has 0 spiro atoms. The van der Waals surface area contributed by atoms with Gasteiger partial charge in [-0.15, -0.1) is 0 Å². The van der Waals surface area contributed by atoms with E-state index in [0.717, 1.165) is 23.2 Å². The van der Waals surface area contributed by atoms with Crippen LogP contribution in [-0.4, -0.2) is 26.0 Å². The minimum atomic E-state index is 0.00718. The van der Waals surface area contributed by atoms with Crippen LogP contribution in [0, 0.1) is 6.92 Å². The molecule has 1 atom stereocenters. The SMILES string of the molecule is CCC(C)NC(=O)c1ccc(N(C)C)c(C)c1. The molecule has 1 rings (SSSR count). The average molecular weight is 234 g/mol. The van der Waals surface area contributed by atoms with E-state index in [1.54, 1.807) is 0 Å². The van der Waals surface area contributed by atoms with Gasteiger partial charge in [-0.2, -0.15) is 0 Å². The van der Waals surface area contributed by atoms with Crippen LogP contribution in [0.2, 0.25) is 0 Å². The zero-order valence-corrected chi connectivity index (χ0v) is 11.4. The summed E-state index contributed by atoms with van der Waals surface area (Å²) in [5.74, 6) is 0.00718. The molecule has 0 aliphatic rings. The summed E-state index contributed by atoms with van der Waals surface area (Å²) in [6.07, 6.45) is 0.945. The van der Waals surface area contributed by atoms with E-state index >= 15 is 0 Å². The second-order valence-corrected chi connectivity index (χ2v) is 4.68. The van der Waals surface area contributed by atoms with E-state index in [2.05, 4.69) is 12.2 Å². The monoisotopic (exact) mass is 234 g/mol. The molecule has 3 nitrogen and oxygen atoms in total. The van der Waals surface area contributed by atoms with Crippen molar-refractivity contribution in [3.05, 3.63) is 29.3 Å². The van der Waals surface area contributed by atoms with Crippen LogP contribution in [0.4, 0.5) is 5.69 Å². The maximum atomic E-state index is 11.9. The molecule has 0 saturated carbocycles. The largest absolute Gasteiger partial charge is 0.377 e. The molecule has 1 unspecified atom stereocenters. The molecule has 1 amide bonds. The number of hydrogen-bond acceptors (Lipinski definition) is 2. The highest BCUT2D eigenvalue weighted by molar-refractivity contribution is 5.95. The van der Waals surface area contributed by atoms with Crippen molar-refractivity contribution < 1.29 is 4.79 Å². The quantitative estimate of drug-likeness (QED) is 0.868. The summed E-state index contributed by atoms with van der Waals surface area (Å²) >= 11 is 0. The Labute approximate surface area is 104 Å². The molecular formula is C14H22N2O. The predicted octanol–water partition coefficient (Wildman–Crippen LogP) is 2.59. The van der Waals surface area contributed by atoms with Crippen LogP contribution >= 0.6 is 0 Å². The zero-order chi connectivity index (χ0) is 13.0. The summed E-state index contributed by atoms with van der Waals surface area (Å²) in [6.45, 7) is 6.10. The topological polar surface area (TPSA) is 32.3 Å². The Kier molecular flexibility index (Phi) is 4.55. The lowest BCUT2D eigenvalue weighted by atomic mass is 10.1. The molecule has 0 radical (unpaired) electrons. The highest BCUT2D eigenvalue weighted by Crippen LogP contribution is 2.19. The Morgan fingerprint density at radius 3 is 2.53 bits per heavy atom. The minimum absolute atomic E-state index is 0.00718. The van der Waals surface area contributed by atoms with Crippen LogP contribution in [0.25, 0.3) is 0 Å². The van der Waals surface area contributed by atoms with Crippen molar-refractivity contribution in [2.75, 3.05) is 19.0 Å². The van der Waals surface area contributed by atoms with Gasteiger partial charge in [-0.05, 0) is 44.0 Å². The molecule has 0 bridgehead atoms. The first-order valence-electron chi connectivity index (χ1n) is 6.04. The average Bonchev–Trinajstić information content (AvgIpc) is 2.28. The fraction of sp³-hybridized carbons (Fsp3) is 0.500. The Balaban J connectivity index is 2.86. The number of nitrogens with zero attached hydrogens (tertiary/aromatic N) is 1. The fourth-order valence-electron chi connectivity index (χ4n) is 1.71. The summed E-state index contributed by atoms with van der Waals surface area (Å²) in [4.78, 5) is 14.0. The van der Waals surface area contributed by atoms with Crippen LogP contribution in [-0.2, 0) is 0 Å². The number of aryl methyl sites for hydroxylation is 1. The molecule has 3 heteroatoms. The summed E-state index contributed by atoms with van der Waals surface area (Å²) in [5, 5.41) is 2.97.